The number of nitrogens with two attached hydrogens (primary N) is 1. The van der Waals surface area contributed by atoms with Crippen LogP contribution in [-0.2, 0) is 6.42 Å². The first-order valence-corrected chi connectivity index (χ1v) is 5.06. The van der Waals surface area contributed by atoms with E-state index in [2.05, 4.69) is 22.2 Å². The molecule has 1 aromatic rings. The summed E-state index contributed by atoms with van der Waals surface area (Å²) in [5.74, 6) is 0.256. The lowest BCUT2D eigenvalue weighted by Crippen LogP contribution is -2.42. The molecular formula is C11H15N3O. The van der Waals surface area contributed by atoms with Gasteiger partial charge in [0.15, 0.2) is 5.84 Å². The van der Waals surface area contributed by atoms with E-state index in [4.69, 9.17) is 10.9 Å². The number of fused-ring (bicyclic) bond motifs is 1. The molecule has 0 spiro atoms. The van der Waals surface area contributed by atoms with Gasteiger partial charge < -0.3 is 15.8 Å². The van der Waals surface area contributed by atoms with Gasteiger partial charge in [-0.25, -0.2) is 0 Å². The van der Waals surface area contributed by atoms with Crippen LogP contribution < -0.4 is 10.6 Å². The summed E-state index contributed by atoms with van der Waals surface area (Å²) in [6.45, 7) is 2.87. The van der Waals surface area contributed by atoms with Crippen molar-refractivity contribution in [1.29, 1.82) is 0 Å². The number of amidine groups is 1. The minimum atomic E-state index is -0.0568. The van der Waals surface area contributed by atoms with Gasteiger partial charge in [-0.05, 0) is 25.0 Å². The maximum absolute atomic E-state index is 8.65. The van der Waals surface area contributed by atoms with Crippen LogP contribution in [0.25, 0.3) is 0 Å². The van der Waals surface area contributed by atoms with E-state index >= 15 is 0 Å². The summed E-state index contributed by atoms with van der Waals surface area (Å²) >= 11 is 0. The topological polar surface area (TPSA) is 61.9 Å². The van der Waals surface area contributed by atoms with Gasteiger partial charge in [0.1, 0.15) is 0 Å². The third-order valence-electron chi connectivity index (χ3n) is 2.93. The Bertz CT molecular complexity index is 389. The van der Waals surface area contributed by atoms with E-state index in [1.54, 1.807) is 0 Å². The number of hydrogen-bond acceptors (Lipinski definition) is 3. The van der Waals surface area contributed by atoms with Crippen molar-refractivity contribution >= 4 is 11.5 Å². The largest absolute Gasteiger partial charge is 0.409 e. The average Bonchev–Trinajstić information content (AvgIpc) is 2.70. The van der Waals surface area contributed by atoms with Gasteiger partial charge in [0.25, 0.3) is 0 Å². The van der Waals surface area contributed by atoms with Gasteiger partial charge in [-0.2, -0.15) is 0 Å². The molecular weight excluding hydrogens is 190 g/mol. The molecule has 0 aliphatic carbocycles. The summed E-state index contributed by atoms with van der Waals surface area (Å²) in [6.07, 6.45) is 1.03. The van der Waals surface area contributed by atoms with Gasteiger partial charge in [-0.3, -0.25) is 0 Å². The Hall–Kier alpha value is -1.71. The zero-order valence-electron chi connectivity index (χ0n) is 8.72. The molecule has 4 nitrogen and oxygen atoms in total. The summed E-state index contributed by atoms with van der Waals surface area (Å²) in [5, 5.41) is 11.7. The Balaban J connectivity index is 2.28. The Morgan fingerprint density at radius 3 is 3.00 bits per heavy atom. The van der Waals surface area contributed by atoms with E-state index in [1.807, 2.05) is 19.1 Å². The van der Waals surface area contributed by atoms with Crippen LogP contribution in [0, 0.1) is 0 Å². The quantitative estimate of drug-likeness (QED) is 0.330. The Morgan fingerprint density at radius 1 is 1.53 bits per heavy atom. The van der Waals surface area contributed by atoms with Crippen molar-refractivity contribution in [1.82, 2.24) is 0 Å². The maximum Gasteiger partial charge on any atom is 0.161 e. The van der Waals surface area contributed by atoms with E-state index in [1.165, 1.54) is 11.3 Å². The fourth-order valence-corrected chi connectivity index (χ4v) is 2.01. The molecule has 0 bridgehead atoms. The maximum atomic E-state index is 8.65. The van der Waals surface area contributed by atoms with Gasteiger partial charge in [0, 0.05) is 12.2 Å². The lowest BCUT2D eigenvalue weighted by Gasteiger charge is -2.25. The minimum Gasteiger partial charge on any atom is -0.409 e. The second kappa shape index (κ2) is 3.81. The summed E-state index contributed by atoms with van der Waals surface area (Å²) in [5.41, 5.74) is 8.13. The number of hydrogen-bond donors (Lipinski definition) is 2. The zero-order valence-corrected chi connectivity index (χ0v) is 8.72. The molecule has 0 saturated carbocycles. The normalized spacial score (nSPS) is 17.7. The fourth-order valence-electron chi connectivity index (χ4n) is 2.01. The summed E-state index contributed by atoms with van der Waals surface area (Å²) < 4.78 is 0. The van der Waals surface area contributed by atoms with Crippen LogP contribution in [0.2, 0.25) is 0 Å². The summed E-state index contributed by atoms with van der Waals surface area (Å²) in [6, 6.07) is 8.18. The summed E-state index contributed by atoms with van der Waals surface area (Å²) in [4.78, 5) is 2.16. The second-order valence-corrected chi connectivity index (χ2v) is 3.77. The summed E-state index contributed by atoms with van der Waals surface area (Å²) in [7, 11) is 0. The third-order valence-corrected chi connectivity index (χ3v) is 2.93. The molecule has 1 atom stereocenters. The predicted molar refractivity (Wildman–Crippen MR) is 60.4 cm³/mol. The van der Waals surface area contributed by atoms with Crippen molar-refractivity contribution < 1.29 is 5.21 Å². The van der Waals surface area contributed by atoms with Gasteiger partial charge in [-0.15, -0.1) is 0 Å². The fraction of sp³-hybridized carbons (Fsp3) is 0.364. The molecule has 0 amide bonds. The third kappa shape index (κ3) is 1.63. The van der Waals surface area contributed by atoms with Crippen molar-refractivity contribution in [3.8, 4) is 0 Å². The molecule has 1 heterocycles. The molecule has 1 aliphatic heterocycles. The SMILES string of the molecule is CC(C(N)=NO)N1CCc2ccccc21. The molecule has 80 valence electrons. The lowest BCUT2D eigenvalue weighted by molar-refractivity contribution is 0.316. The molecule has 1 aromatic carbocycles. The molecule has 4 heteroatoms. The van der Waals surface area contributed by atoms with Gasteiger partial charge in [-0.1, -0.05) is 23.4 Å². The van der Waals surface area contributed by atoms with Crippen molar-refractivity contribution in [2.75, 3.05) is 11.4 Å². The number of anilines is 1. The molecule has 0 fully saturated rings. The highest BCUT2D eigenvalue weighted by Crippen LogP contribution is 2.28. The van der Waals surface area contributed by atoms with Crippen LogP contribution in [0.5, 0.6) is 0 Å². The van der Waals surface area contributed by atoms with E-state index in [9.17, 15) is 0 Å². The number of oxime groups is 1. The smallest absolute Gasteiger partial charge is 0.161 e. The van der Waals surface area contributed by atoms with Crippen LogP contribution in [0.1, 0.15) is 12.5 Å². The van der Waals surface area contributed by atoms with Crippen LogP contribution >= 0.6 is 0 Å². The Kier molecular flexibility index (Phi) is 2.49. The van der Waals surface area contributed by atoms with E-state index in [0.29, 0.717) is 0 Å². The van der Waals surface area contributed by atoms with Crippen LogP contribution in [0.4, 0.5) is 5.69 Å². The van der Waals surface area contributed by atoms with Crippen molar-refractivity contribution in [3.05, 3.63) is 29.8 Å². The van der Waals surface area contributed by atoms with Crippen molar-refractivity contribution in [2.24, 2.45) is 10.9 Å². The number of nitrogens with zero attached hydrogens (tertiary/aromatic N) is 2. The molecule has 3 N–H and O–H groups in total. The van der Waals surface area contributed by atoms with Gasteiger partial charge >= 0.3 is 0 Å². The van der Waals surface area contributed by atoms with E-state index < -0.39 is 0 Å². The van der Waals surface area contributed by atoms with Crippen LogP contribution in [-0.4, -0.2) is 23.6 Å². The average molecular weight is 205 g/mol. The highest BCUT2D eigenvalue weighted by molar-refractivity contribution is 5.88. The molecule has 1 aliphatic rings. The molecule has 0 aromatic heterocycles. The molecule has 0 saturated heterocycles. The molecule has 15 heavy (non-hydrogen) atoms. The van der Waals surface area contributed by atoms with Gasteiger partial charge in [0.2, 0.25) is 0 Å². The second-order valence-electron chi connectivity index (χ2n) is 3.77. The zero-order chi connectivity index (χ0) is 10.8. The molecule has 1 unspecified atom stereocenters. The van der Waals surface area contributed by atoms with Crippen molar-refractivity contribution in [2.45, 2.75) is 19.4 Å². The molecule has 2 rings (SSSR count). The number of rotatable bonds is 2. The van der Waals surface area contributed by atoms with Gasteiger partial charge in [0.05, 0.1) is 6.04 Å². The molecule has 0 radical (unpaired) electrons. The number of para-hydroxylation sites is 1. The highest BCUT2D eigenvalue weighted by Gasteiger charge is 2.24. The monoisotopic (exact) mass is 205 g/mol. The standard InChI is InChI=1S/C11H15N3O/c1-8(11(12)13-15)14-7-6-9-4-2-3-5-10(9)14/h2-5,8,15H,6-7H2,1H3,(H2,12,13). The van der Waals surface area contributed by atoms with E-state index in [0.717, 1.165) is 13.0 Å². The number of benzene rings is 1. The first-order valence-electron chi connectivity index (χ1n) is 5.06. The highest BCUT2D eigenvalue weighted by atomic mass is 16.4. The Morgan fingerprint density at radius 2 is 2.27 bits per heavy atom. The van der Waals surface area contributed by atoms with Crippen LogP contribution in [0.3, 0.4) is 0 Å². The van der Waals surface area contributed by atoms with Crippen molar-refractivity contribution in [3.63, 3.8) is 0 Å². The Labute approximate surface area is 89.0 Å². The van der Waals surface area contributed by atoms with E-state index in [-0.39, 0.29) is 11.9 Å². The van der Waals surface area contributed by atoms with Crippen LogP contribution in [0.15, 0.2) is 29.4 Å². The lowest BCUT2D eigenvalue weighted by atomic mass is 10.2. The minimum absolute atomic E-state index is 0.0568. The predicted octanol–water partition coefficient (Wildman–Crippen LogP) is 1.18. The first-order chi connectivity index (χ1) is 7.24. The first kappa shape index (κ1) is 9.83.